The van der Waals surface area contributed by atoms with Gasteiger partial charge >= 0.3 is 19.5 Å². The van der Waals surface area contributed by atoms with Crippen molar-refractivity contribution in [2.75, 3.05) is 0 Å². The third-order valence-electron chi connectivity index (χ3n) is 2.68. The van der Waals surface area contributed by atoms with Crippen molar-refractivity contribution in [1.82, 2.24) is 0 Å². The van der Waals surface area contributed by atoms with Crippen LogP contribution in [0.2, 0.25) is 0 Å². The van der Waals surface area contributed by atoms with Gasteiger partial charge in [0.15, 0.2) is 0 Å². The summed E-state index contributed by atoms with van der Waals surface area (Å²) in [6, 6.07) is 17.5. The number of benzene rings is 2. The Morgan fingerprint density at radius 2 is 1.50 bits per heavy atom. The van der Waals surface area contributed by atoms with Gasteiger partial charge in [-0.2, -0.15) is 0 Å². The first-order valence-electron chi connectivity index (χ1n) is 5.80. The van der Waals surface area contributed by atoms with Crippen LogP contribution >= 0.6 is 22.6 Å². The van der Waals surface area contributed by atoms with Gasteiger partial charge in [0.25, 0.3) is 0 Å². The van der Waals surface area contributed by atoms with Crippen molar-refractivity contribution in [2.45, 2.75) is 17.1 Å². The Labute approximate surface area is 150 Å². The van der Waals surface area contributed by atoms with E-state index in [0.717, 1.165) is 10.5 Å². The first kappa shape index (κ1) is 19.9. The van der Waals surface area contributed by atoms with Crippen molar-refractivity contribution in [3.05, 3.63) is 77.6 Å². The van der Waals surface area contributed by atoms with E-state index in [4.69, 9.17) is 0 Å². The van der Waals surface area contributed by atoms with Crippen molar-refractivity contribution in [3.8, 4) is 0 Å². The summed E-state index contributed by atoms with van der Waals surface area (Å²) in [5.41, 5.74) is 2.18. The Hall–Kier alpha value is -0.0566. The molecule has 2 unspecified atom stereocenters. The Morgan fingerprint density at radius 1 is 1.00 bits per heavy atom. The van der Waals surface area contributed by atoms with E-state index in [9.17, 15) is 4.21 Å². The number of halogens is 1. The third kappa shape index (κ3) is 5.75. The fraction of sp³-hybridized carbons (Fsp3) is 0.125. The minimum absolute atomic E-state index is 0. The molecule has 0 N–H and O–H groups in total. The van der Waals surface area contributed by atoms with Crippen LogP contribution in [0.5, 0.6) is 0 Å². The molecule has 0 saturated heterocycles. The van der Waals surface area contributed by atoms with Crippen LogP contribution in [0.1, 0.15) is 16.4 Å². The standard InChI is InChI=1S/C15H15OS.CH2I.Zn/c1-12-8-10-15(11-9-12)17(16)13(2)14-6-4-3-5-7-14;1-2;/h3-11,13H,2H2,1H3;1H2;/q2*-1;+2. The largest absolute Gasteiger partial charge is 2.00 e. The second-order valence-electron chi connectivity index (χ2n) is 4.01. The zero-order valence-electron chi connectivity index (χ0n) is 11.6. The SMILES string of the molecule is [CH2-]C(c1ccccc1)S(=O)c1ccc(C)cc1.[CH2-]I.[Zn+2]. The van der Waals surface area contributed by atoms with E-state index in [-0.39, 0.29) is 24.7 Å². The summed E-state index contributed by atoms with van der Waals surface area (Å²) in [6.45, 7) is 6.03. The number of rotatable bonds is 3. The van der Waals surface area contributed by atoms with Crippen molar-refractivity contribution in [1.29, 1.82) is 0 Å². The minimum Gasteiger partial charge on any atom is -0.323 e. The summed E-state index contributed by atoms with van der Waals surface area (Å²) in [4.78, 5) is 4.05. The molecule has 0 spiro atoms. The van der Waals surface area contributed by atoms with Gasteiger partial charge in [0.1, 0.15) is 0 Å². The molecule has 0 aliphatic rings. The van der Waals surface area contributed by atoms with Crippen molar-refractivity contribution >= 4 is 33.4 Å². The summed E-state index contributed by atoms with van der Waals surface area (Å²) in [7, 11) is -1.10. The van der Waals surface area contributed by atoms with Gasteiger partial charge in [0, 0.05) is 15.7 Å². The van der Waals surface area contributed by atoms with Crippen molar-refractivity contribution < 1.29 is 23.7 Å². The molecule has 0 aliphatic carbocycles. The van der Waals surface area contributed by atoms with E-state index in [2.05, 4.69) is 11.9 Å². The summed E-state index contributed by atoms with van der Waals surface area (Å²) in [6.07, 6.45) is 0. The van der Waals surface area contributed by atoms with Gasteiger partial charge in [-0.15, -0.1) is 0 Å². The van der Waals surface area contributed by atoms with Crippen LogP contribution in [0.25, 0.3) is 0 Å². The second-order valence-corrected chi connectivity index (χ2v) is 5.65. The number of hydrogen-bond donors (Lipinski definition) is 0. The van der Waals surface area contributed by atoms with Crippen LogP contribution in [0.3, 0.4) is 0 Å². The van der Waals surface area contributed by atoms with Crippen LogP contribution in [-0.2, 0) is 30.3 Å². The maximum Gasteiger partial charge on any atom is 2.00 e. The Bertz CT molecular complexity index is 514. The van der Waals surface area contributed by atoms with E-state index in [1.54, 1.807) is 0 Å². The Balaban J connectivity index is 0.00000115. The zero-order chi connectivity index (χ0) is 14.3. The number of hydrogen-bond acceptors (Lipinski definition) is 1. The van der Waals surface area contributed by atoms with Gasteiger partial charge < -0.3 is 29.5 Å². The fourth-order valence-electron chi connectivity index (χ4n) is 1.63. The van der Waals surface area contributed by atoms with Gasteiger partial charge in [-0.25, -0.2) is 0 Å². The summed E-state index contributed by atoms with van der Waals surface area (Å²) >= 11 is 1.90. The van der Waals surface area contributed by atoms with E-state index in [1.807, 2.05) is 84.1 Å². The van der Waals surface area contributed by atoms with E-state index >= 15 is 0 Å². The maximum absolute atomic E-state index is 12.3. The third-order valence-corrected chi connectivity index (χ3v) is 4.21. The molecule has 0 saturated carbocycles. The van der Waals surface area contributed by atoms with Crippen LogP contribution in [0.4, 0.5) is 0 Å². The molecule has 1 nitrogen and oxygen atoms in total. The Kier molecular flexibility index (Phi) is 10.6. The van der Waals surface area contributed by atoms with Crippen LogP contribution in [0.15, 0.2) is 59.5 Å². The first-order chi connectivity index (χ1) is 9.18. The quantitative estimate of drug-likeness (QED) is 0.370. The molecule has 4 heteroatoms. The smallest absolute Gasteiger partial charge is 0.323 e. The molecule has 102 valence electrons. The van der Waals surface area contributed by atoms with Crippen molar-refractivity contribution in [3.63, 3.8) is 0 Å². The first-order valence-corrected chi connectivity index (χ1v) is 8.54. The number of aryl methyl sites for hydroxylation is 1. The van der Waals surface area contributed by atoms with Gasteiger partial charge in [-0.1, -0.05) is 58.8 Å². The topological polar surface area (TPSA) is 17.1 Å². The molecular formula is C16H17IOSZn. The second kappa shape index (κ2) is 10.6. The molecule has 2 aromatic rings. The molecule has 0 fully saturated rings. The summed E-state index contributed by atoms with van der Waals surface area (Å²) in [5.74, 6) is 0. The average molecular weight is 450 g/mol. The molecule has 20 heavy (non-hydrogen) atoms. The minimum atomic E-state index is -1.10. The van der Waals surface area contributed by atoms with Gasteiger partial charge in [-0.05, 0) is 19.1 Å². The van der Waals surface area contributed by atoms with E-state index < -0.39 is 10.8 Å². The van der Waals surface area contributed by atoms with Gasteiger partial charge in [-0.3, -0.25) is 9.14 Å². The molecule has 2 atom stereocenters. The summed E-state index contributed by atoms with van der Waals surface area (Å²) in [5, 5.41) is -0.223. The van der Waals surface area contributed by atoms with E-state index in [1.165, 1.54) is 5.56 Å². The van der Waals surface area contributed by atoms with E-state index in [0.29, 0.717) is 0 Å². The summed E-state index contributed by atoms with van der Waals surface area (Å²) < 4.78 is 12.3. The molecule has 0 aliphatic heterocycles. The van der Waals surface area contributed by atoms with Gasteiger partial charge in [0.2, 0.25) is 0 Å². The molecule has 0 amide bonds. The molecule has 0 radical (unpaired) electrons. The molecule has 2 rings (SSSR count). The zero-order valence-corrected chi connectivity index (χ0v) is 17.5. The van der Waals surface area contributed by atoms with Gasteiger partial charge in [0.05, 0.1) is 0 Å². The molecule has 2 aromatic carbocycles. The predicted octanol–water partition coefficient (Wildman–Crippen LogP) is 4.89. The van der Waals surface area contributed by atoms with Crippen molar-refractivity contribution in [2.24, 2.45) is 0 Å². The molecule has 0 heterocycles. The molecule has 0 bridgehead atoms. The maximum atomic E-state index is 12.3. The average Bonchev–Trinajstić information content (AvgIpc) is 2.49. The van der Waals surface area contributed by atoms with Crippen LogP contribution < -0.4 is 0 Å². The van der Waals surface area contributed by atoms with Crippen LogP contribution in [0, 0.1) is 18.8 Å². The monoisotopic (exact) mass is 448 g/mol. The predicted molar refractivity (Wildman–Crippen MR) is 91.5 cm³/mol. The molecule has 0 aromatic heterocycles. The van der Waals surface area contributed by atoms with Crippen LogP contribution in [-0.4, -0.2) is 4.21 Å². The Morgan fingerprint density at radius 3 is 2.00 bits per heavy atom. The molecular weight excluding hydrogens is 433 g/mol. The normalized spacial score (nSPS) is 12.4. The fourth-order valence-corrected chi connectivity index (χ4v) is 2.77.